The van der Waals surface area contributed by atoms with E-state index in [4.69, 9.17) is 37.4 Å². The Morgan fingerprint density at radius 2 is 1.96 bits per heavy atom. The molecule has 9 heteroatoms. The maximum Gasteiger partial charge on any atom is 0.338 e. The molecule has 26 heavy (non-hydrogen) atoms. The number of rotatable bonds is 7. The van der Waals surface area contributed by atoms with Crippen molar-refractivity contribution in [3.05, 3.63) is 46.1 Å². The minimum Gasteiger partial charge on any atom is -0.493 e. The van der Waals surface area contributed by atoms with Crippen molar-refractivity contribution < 1.29 is 23.8 Å². The van der Waals surface area contributed by atoms with Gasteiger partial charge in [-0.1, -0.05) is 23.2 Å². The average molecular weight is 399 g/mol. The number of hydrogen-bond acceptors (Lipinski definition) is 6. The summed E-state index contributed by atoms with van der Waals surface area (Å²) in [6.45, 7) is 1.71. The largest absolute Gasteiger partial charge is 0.493 e. The molecule has 7 nitrogen and oxygen atoms in total. The zero-order valence-electron chi connectivity index (χ0n) is 14.0. The van der Waals surface area contributed by atoms with Crippen LogP contribution in [0, 0.1) is 0 Å². The van der Waals surface area contributed by atoms with E-state index in [9.17, 15) is 9.59 Å². The van der Waals surface area contributed by atoms with E-state index in [1.54, 1.807) is 6.07 Å². The van der Waals surface area contributed by atoms with E-state index >= 15 is 0 Å². The monoisotopic (exact) mass is 398 g/mol. The number of ether oxygens (including phenoxy) is 3. The molecular formula is C17H16Cl2N2O5. The third-order valence-corrected chi connectivity index (χ3v) is 3.59. The van der Waals surface area contributed by atoms with Gasteiger partial charge in [0.1, 0.15) is 0 Å². The number of halogens is 2. The first-order chi connectivity index (χ1) is 12.4. The first-order valence-corrected chi connectivity index (χ1v) is 8.29. The lowest BCUT2D eigenvalue weighted by Gasteiger charge is -2.11. The van der Waals surface area contributed by atoms with Crippen molar-refractivity contribution in [2.75, 3.05) is 25.6 Å². The molecule has 0 saturated carbocycles. The second-order valence-corrected chi connectivity index (χ2v) is 5.75. The van der Waals surface area contributed by atoms with Gasteiger partial charge in [0.25, 0.3) is 5.91 Å². The summed E-state index contributed by atoms with van der Waals surface area (Å²) in [5.41, 5.74) is 0.227. The number of amides is 1. The van der Waals surface area contributed by atoms with Gasteiger partial charge in [0, 0.05) is 6.20 Å². The van der Waals surface area contributed by atoms with Crippen LogP contribution in [0.4, 0.5) is 5.82 Å². The number of esters is 1. The summed E-state index contributed by atoms with van der Waals surface area (Å²) in [7, 11) is 1.50. The molecule has 2 rings (SSSR count). The molecule has 0 aliphatic rings. The number of aromatic nitrogens is 1. The Bertz CT molecular complexity index is 814. The van der Waals surface area contributed by atoms with Crippen LogP contribution in [0.1, 0.15) is 17.3 Å². The van der Waals surface area contributed by atoms with Crippen LogP contribution in [-0.2, 0) is 9.53 Å². The first-order valence-electron chi connectivity index (χ1n) is 7.53. The van der Waals surface area contributed by atoms with E-state index in [-0.39, 0.29) is 16.4 Å². The molecule has 0 radical (unpaired) electrons. The van der Waals surface area contributed by atoms with E-state index in [0.29, 0.717) is 23.1 Å². The molecule has 0 saturated heterocycles. The maximum absolute atomic E-state index is 12.1. The molecule has 0 bridgehead atoms. The van der Waals surface area contributed by atoms with Crippen molar-refractivity contribution in [3.8, 4) is 11.5 Å². The second kappa shape index (κ2) is 9.26. The van der Waals surface area contributed by atoms with Gasteiger partial charge in [-0.15, -0.1) is 0 Å². The molecule has 2 aromatic rings. The maximum atomic E-state index is 12.1. The van der Waals surface area contributed by atoms with Crippen LogP contribution >= 0.6 is 23.2 Å². The summed E-state index contributed by atoms with van der Waals surface area (Å²) < 4.78 is 15.5. The molecule has 0 aliphatic heterocycles. The Balaban J connectivity index is 1.97. The smallest absolute Gasteiger partial charge is 0.338 e. The van der Waals surface area contributed by atoms with Crippen molar-refractivity contribution >= 4 is 40.9 Å². The van der Waals surface area contributed by atoms with E-state index in [2.05, 4.69) is 10.3 Å². The number of anilines is 1. The van der Waals surface area contributed by atoms with Gasteiger partial charge in [-0.05, 0) is 31.2 Å². The summed E-state index contributed by atoms with van der Waals surface area (Å²) in [5, 5.41) is 2.94. The van der Waals surface area contributed by atoms with Crippen molar-refractivity contribution in [3.63, 3.8) is 0 Å². The third-order valence-electron chi connectivity index (χ3n) is 3.10. The summed E-state index contributed by atoms with van der Waals surface area (Å²) in [4.78, 5) is 27.9. The summed E-state index contributed by atoms with van der Waals surface area (Å²) in [6, 6.07) is 6.02. The van der Waals surface area contributed by atoms with Crippen LogP contribution in [0.5, 0.6) is 11.5 Å². The Morgan fingerprint density at radius 3 is 2.62 bits per heavy atom. The highest BCUT2D eigenvalue weighted by Crippen LogP contribution is 2.28. The highest BCUT2D eigenvalue weighted by Gasteiger charge is 2.15. The SMILES string of the molecule is CCOc1cc(C(=O)OCC(=O)Nc2ncc(Cl)cc2Cl)ccc1OC. The van der Waals surface area contributed by atoms with Crippen molar-refractivity contribution in [1.29, 1.82) is 0 Å². The molecule has 1 amide bonds. The Kier molecular flexibility index (Phi) is 7.06. The summed E-state index contributed by atoms with van der Waals surface area (Å²) in [5.74, 6) is -0.247. The molecule has 0 spiro atoms. The predicted octanol–water partition coefficient (Wildman–Crippen LogP) is 3.59. The predicted molar refractivity (Wildman–Crippen MR) is 97.3 cm³/mol. The van der Waals surface area contributed by atoms with E-state index < -0.39 is 18.5 Å². The average Bonchev–Trinajstić information content (AvgIpc) is 2.62. The number of nitrogens with zero attached hydrogens (tertiary/aromatic N) is 1. The fourth-order valence-corrected chi connectivity index (χ4v) is 2.39. The Morgan fingerprint density at radius 1 is 1.19 bits per heavy atom. The quantitative estimate of drug-likeness (QED) is 0.717. The number of nitrogens with one attached hydrogen (secondary N) is 1. The summed E-state index contributed by atoms with van der Waals surface area (Å²) >= 11 is 11.6. The number of hydrogen-bond donors (Lipinski definition) is 1. The number of pyridine rings is 1. The van der Waals surface area contributed by atoms with Gasteiger partial charge in [0.2, 0.25) is 0 Å². The highest BCUT2D eigenvalue weighted by atomic mass is 35.5. The number of carbonyl (C=O) groups excluding carboxylic acids is 2. The normalized spacial score (nSPS) is 10.2. The summed E-state index contributed by atoms with van der Waals surface area (Å²) in [6.07, 6.45) is 1.33. The molecule has 1 aromatic carbocycles. The minimum atomic E-state index is -0.682. The molecule has 1 N–H and O–H groups in total. The fraction of sp³-hybridized carbons (Fsp3) is 0.235. The van der Waals surface area contributed by atoms with Crippen molar-refractivity contribution in [2.24, 2.45) is 0 Å². The standard InChI is InChI=1S/C17H16Cl2N2O5/c1-3-25-14-6-10(4-5-13(14)24-2)17(23)26-9-15(22)21-16-12(19)7-11(18)8-20-16/h4-8H,3,9H2,1-2H3,(H,20,21,22). The van der Waals surface area contributed by atoms with Gasteiger partial charge < -0.3 is 19.5 Å². The third kappa shape index (κ3) is 5.24. The van der Waals surface area contributed by atoms with E-state index in [0.717, 1.165) is 0 Å². The van der Waals surface area contributed by atoms with E-state index in [1.807, 2.05) is 6.92 Å². The molecule has 0 fully saturated rings. The van der Waals surface area contributed by atoms with Crippen LogP contribution in [0.15, 0.2) is 30.5 Å². The molecular weight excluding hydrogens is 383 g/mol. The second-order valence-electron chi connectivity index (χ2n) is 4.91. The lowest BCUT2D eigenvalue weighted by Crippen LogP contribution is -2.21. The van der Waals surface area contributed by atoms with Crippen LogP contribution in [0.2, 0.25) is 10.0 Å². The number of carbonyl (C=O) groups is 2. The topological polar surface area (TPSA) is 86.8 Å². The van der Waals surface area contributed by atoms with Gasteiger partial charge in [-0.3, -0.25) is 4.79 Å². The number of methoxy groups -OCH3 is 1. The lowest BCUT2D eigenvalue weighted by molar-refractivity contribution is -0.119. The Labute approximate surface area is 160 Å². The van der Waals surface area contributed by atoms with Crippen LogP contribution in [0.3, 0.4) is 0 Å². The molecule has 0 aliphatic carbocycles. The van der Waals surface area contributed by atoms with Crippen LogP contribution in [-0.4, -0.2) is 37.2 Å². The van der Waals surface area contributed by atoms with Gasteiger partial charge in [-0.25, -0.2) is 9.78 Å². The molecule has 0 atom stereocenters. The van der Waals surface area contributed by atoms with Gasteiger partial charge in [0.05, 0.1) is 29.3 Å². The van der Waals surface area contributed by atoms with Gasteiger partial charge >= 0.3 is 5.97 Å². The molecule has 1 heterocycles. The van der Waals surface area contributed by atoms with Gasteiger partial charge in [-0.2, -0.15) is 0 Å². The van der Waals surface area contributed by atoms with Crippen molar-refractivity contribution in [1.82, 2.24) is 4.98 Å². The molecule has 1 aromatic heterocycles. The fourth-order valence-electron chi connectivity index (χ4n) is 1.96. The van der Waals surface area contributed by atoms with Crippen LogP contribution in [0.25, 0.3) is 0 Å². The lowest BCUT2D eigenvalue weighted by atomic mass is 10.2. The van der Waals surface area contributed by atoms with E-state index in [1.165, 1.54) is 31.5 Å². The molecule has 0 unspecified atom stereocenters. The zero-order chi connectivity index (χ0) is 19.1. The first kappa shape index (κ1) is 19.8. The van der Waals surface area contributed by atoms with Crippen molar-refractivity contribution in [2.45, 2.75) is 6.92 Å². The van der Waals surface area contributed by atoms with Gasteiger partial charge in [0.15, 0.2) is 23.9 Å². The Hall–Kier alpha value is -2.51. The number of benzene rings is 1. The van der Waals surface area contributed by atoms with Crippen LogP contribution < -0.4 is 14.8 Å². The highest BCUT2D eigenvalue weighted by molar-refractivity contribution is 6.36. The zero-order valence-corrected chi connectivity index (χ0v) is 15.6. The molecule has 138 valence electrons. The minimum absolute atomic E-state index is 0.125.